The first-order valence-corrected chi connectivity index (χ1v) is 8.04. The van der Waals surface area contributed by atoms with Gasteiger partial charge in [0.25, 0.3) is 0 Å². The lowest BCUT2D eigenvalue weighted by molar-refractivity contribution is 0.0240. The van der Waals surface area contributed by atoms with Gasteiger partial charge in [-0.2, -0.15) is 0 Å². The molecule has 22 heavy (non-hydrogen) atoms. The van der Waals surface area contributed by atoms with E-state index in [1.165, 1.54) is 27.7 Å². The van der Waals surface area contributed by atoms with Gasteiger partial charge in [-0.15, -0.1) is 0 Å². The van der Waals surface area contributed by atoms with Crippen LogP contribution in [0, 0.1) is 13.8 Å². The van der Waals surface area contributed by atoms with E-state index in [0.29, 0.717) is 0 Å². The molecule has 0 amide bonds. The highest BCUT2D eigenvalue weighted by molar-refractivity contribution is 5.87. The van der Waals surface area contributed by atoms with E-state index in [0.717, 1.165) is 32.6 Å². The van der Waals surface area contributed by atoms with Crippen LogP contribution in [-0.2, 0) is 6.54 Å². The molecule has 2 aromatic rings. The summed E-state index contributed by atoms with van der Waals surface area (Å²) in [6.45, 7) is 7.63. The average Bonchev–Trinajstić information content (AvgIpc) is 2.92. The maximum atomic E-state index is 10.7. The SMILES string of the molecule is Cc1[nH]c2c(CN3CC[C@@](O)(CN(C)C)C3)cccc2c1C. The molecule has 2 heterocycles. The van der Waals surface area contributed by atoms with Crippen molar-refractivity contribution in [3.05, 3.63) is 35.0 Å². The van der Waals surface area contributed by atoms with Crippen LogP contribution < -0.4 is 0 Å². The van der Waals surface area contributed by atoms with Gasteiger partial charge < -0.3 is 15.0 Å². The lowest BCUT2D eigenvalue weighted by Gasteiger charge is -2.26. The zero-order chi connectivity index (χ0) is 15.9. The van der Waals surface area contributed by atoms with Crippen LogP contribution in [0.5, 0.6) is 0 Å². The molecule has 2 N–H and O–H groups in total. The van der Waals surface area contributed by atoms with E-state index >= 15 is 0 Å². The number of aromatic amines is 1. The highest BCUT2D eigenvalue weighted by Crippen LogP contribution is 2.28. The number of β-amino-alcohol motifs (C(OH)–C–C–N with tert-alkyl or cyclic N) is 1. The van der Waals surface area contributed by atoms with E-state index in [2.05, 4.69) is 46.8 Å². The number of aryl methyl sites for hydroxylation is 2. The number of likely N-dealkylation sites (tertiary alicyclic amines) is 1. The summed E-state index contributed by atoms with van der Waals surface area (Å²) in [5, 5.41) is 12.0. The predicted octanol–water partition coefficient (Wildman–Crippen LogP) is 2.28. The van der Waals surface area contributed by atoms with Crippen molar-refractivity contribution < 1.29 is 5.11 Å². The quantitative estimate of drug-likeness (QED) is 0.910. The van der Waals surface area contributed by atoms with Crippen LogP contribution in [0.3, 0.4) is 0 Å². The molecule has 1 aliphatic heterocycles. The summed E-state index contributed by atoms with van der Waals surface area (Å²) in [6, 6.07) is 6.52. The average molecular weight is 301 g/mol. The van der Waals surface area contributed by atoms with Gasteiger partial charge in [-0.25, -0.2) is 0 Å². The van der Waals surface area contributed by atoms with E-state index in [1.807, 2.05) is 14.1 Å². The van der Waals surface area contributed by atoms with Crippen LogP contribution in [0.25, 0.3) is 10.9 Å². The highest BCUT2D eigenvalue weighted by atomic mass is 16.3. The standard InChI is InChI=1S/C18H27N3O/c1-13-14(2)19-17-15(6-5-7-16(13)17)10-21-9-8-18(22,12-21)11-20(3)4/h5-7,19,22H,8-12H2,1-4H3/t18-/m1/s1. The number of likely N-dealkylation sites (N-methyl/N-ethyl adjacent to an activating group) is 1. The van der Waals surface area contributed by atoms with Crippen molar-refractivity contribution in [2.45, 2.75) is 32.4 Å². The largest absolute Gasteiger partial charge is 0.387 e. The van der Waals surface area contributed by atoms with Gasteiger partial charge in [0.1, 0.15) is 0 Å². The first-order chi connectivity index (χ1) is 10.4. The second-order valence-electron chi connectivity index (χ2n) is 7.14. The fourth-order valence-corrected chi connectivity index (χ4v) is 3.71. The van der Waals surface area contributed by atoms with E-state index in [9.17, 15) is 5.11 Å². The molecule has 0 aliphatic carbocycles. The fraction of sp³-hybridized carbons (Fsp3) is 0.556. The number of fused-ring (bicyclic) bond motifs is 1. The van der Waals surface area contributed by atoms with Gasteiger partial charge in [-0.05, 0) is 45.5 Å². The Morgan fingerprint density at radius 1 is 1.32 bits per heavy atom. The number of hydrogen-bond acceptors (Lipinski definition) is 3. The van der Waals surface area contributed by atoms with Gasteiger partial charge in [0.15, 0.2) is 0 Å². The molecule has 1 aliphatic rings. The summed E-state index contributed by atoms with van der Waals surface area (Å²) in [5.74, 6) is 0. The number of benzene rings is 1. The summed E-state index contributed by atoms with van der Waals surface area (Å²) in [7, 11) is 4.04. The summed E-state index contributed by atoms with van der Waals surface area (Å²) >= 11 is 0. The molecule has 0 radical (unpaired) electrons. The molecule has 0 spiro atoms. The zero-order valence-corrected chi connectivity index (χ0v) is 14.1. The molecule has 1 aromatic carbocycles. The molecule has 1 fully saturated rings. The van der Waals surface area contributed by atoms with Crippen molar-refractivity contribution in [2.75, 3.05) is 33.7 Å². The van der Waals surface area contributed by atoms with Crippen molar-refractivity contribution in [1.82, 2.24) is 14.8 Å². The molecular weight excluding hydrogens is 274 g/mol. The highest BCUT2D eigenvalue weighted by Gasteiger charge is 2.36. The van der Waals surface area contributed by atoms with Crippen LogP contribution in [0.15, 0.2) is 18.2 Å². The molecule has 120 valence electrons. The van der Waals surface area contributed by atoms with E-state index in [1.54, 1.807) is 0 Å². The lowest BCUT2D eigenvalue weighted by atomic mass is 10.0. The molecule has 1 atom stereocenters. The third kappa shape index (κ3) is 2.91. The van der Waals surface area contributed by atoms with Crippen molar-refractivity contribution in [1.29, 1.82) is 0 Å². The topological polar surface area (TPSA) is 42.5 Å². The molecule has 3 rings (SSSR count). The monoisotopic (exact) mass is 301 g/mol. The number of nitrogens with one attached hydrogen (secondary N) is 1. The van der Waals surface area contributed by atoms with E-state index in [4.69, 9.17) is 0 Å². The predicted molar refractivity (Wildman–Crippen MR) is 91.2 cm³/mol. The van der Waals surface area contributed by atoms with Crippen molar-refractivity contribution in [3.8, 4) is 0 Å². The molecule has 1 aromatic heterocycles. The van der Waals surface area contributed by atoms with Crippen LogP contribution in [0.4, 0.5) is 0 Å². The summed E-state index contributed by atoms with van der Waals surface area (Å²) in [6.07, 6.45) is 0.851. The van der Waals surface area contributed by atoms with Gasteiger partial charge >= 0.3 is 0 Å². The molecule has 0 unspecified atom stereocenters. The van der Waals surface area contributed by atoms with Crippen LogP contribution in [-0.4, -0.2) is 59.2 Å². The minimum absolute atomic E-state index is 0.570. The fourth-order valence-electron chi connectivity index (χ4n) is 3.71. The molecule has 0 saturated carbocycles. The van der Waals surface area contributed by atoms with Crippen LogP contribution in [0.2, 0.25) is 0 Å². The summed E-state index contributed by atoms with van der Waals surface area (Å²) in [5.41, 5.74) is 4.58. The number of aliphatic hydroxyl groups is 1. The van der Waals surface area contributed by atoms with Crippen LogP contribution in [0.1, 0.15) is 23.2 Å². The third-order valence-corrected chi connectivity index (χ3v) is 4.85. The first-order valence-electron chi connectivity index (χ1n) is 8.04. The number of para-hydroxylation sites is 1. The Bertz CT molecular complexity index is 676. The van der Waals surface area contributed by atoms with Crippen LogP contribution >= 0.6 is 0 Å². The molecule has 1 saturated heterocycles. The second-order valence-corrected chi connectivity index (χ2v) is 7.14. The van der Waals surface area contributed by atoms with Gasteiger partial charge in [0, 0.05) is 37.3 Å². The van der Waals surface area contributed by atoms with Crippen molar-refractivity contribution in [2.24, 2.45) is 0 Å². The van der Waals surface area contributed by atoms with Gasteiger partial charge in [0.2, 0.25) is 0 Å². The number of aromatic nitrogens is 1. The van der Waals surface area contributed by atoms with E-state index in [-0.39, 0.29) is 0 Å². The maximum Gasteiger partial charge on any atom is 0.0912 e. The number of H-pyrrole nitrogens is 1. The molecular formula is C18H27N3O. The van der Waals surface area contributed by atoms with Crippen molar-refractivity contribution >= 4 is 10.9 Å². The Kier molecular flexibility index (Phi) is 4.02. The summed E-state index contributed by atoms with van der Waals surface area (Å²) in [4.78, 5) is 7.96. The van der Waals surface area contributed by atoms with E-state index < -0.39 is 5.60 Å². The van der Waals surface area contributed by atoms with Crippen molar-refractivity contribution in [3.63, 3.8) is 0 Å². The maximum absolute atomic E-state index is 10.7. The Hall–Kier alpha value is -1.36. The number of nitrogens with zero attached hydrogens (tertiary/aromatic N) is 2. The number of rotatable bonds is 4. The minimum atomic E-state index is -0.570. The van der Waals surface area contributed by atoms with Gasteiger partial charge in [-0.1, -0.05) is 18.2 Å². The smallest absolute Gasteiger partial charge is 0.0912 e. The number of hydrogen-bond donors (Lipinski definition) is 2. The Morgan fingerprint density at radius 2 is 2.09 bits per heavy atom. The zero-order valence-electron chi connectivity index (χ0n) is 14.1. The molecule has 4 nitrogen and oxygen atoms in total. The summed E-state index contributed by atoms with van der Waals surface area (Å²) < 4.78 is 0. The normalized spacial score (nSPS) is 23.0. The molecule has 0 bridgehead atoms. The minimum Gasteiger partial charge on any atom is -0.387 e. The molecule has 4 heteroatoms. The van der Waals surface area contributed by atoms with Gasteiger partial charge in [-0.3, -0.25) is 4.90 Å². The Labute approximate surface area is 132 Å². The van der Waals surface area contributed by atoms with Gasteiger partial charge in [0.05, 0.1) is 11.1 Å². The first kappa shape index (κ1) is 15.5. The lowest BCUT2D eigenvalue weighted by Crippen LogP contribution is -2.42. The second kappa shape index (κ2) is 5.69. The Balaban J connectivity index is 1.79. The third-order valence-electron chi connectivity index (χ3n) is 4.85. The Morgan fingerprint density at radius 3 is 2.82 bits per heavy atom.